The standard InChI is InChI=1S/C9H12N2S/c1-2-7(6-10)9(11)8-4-3-5-12-8/h3-5,7,9H,2,11H2,1H3. The zero-order chi connectivity index (χ0) is 8.97. The highest BCUT2D eigenvalue weighted by Gasteiger charge is 2.17. The van der Waals surface area contributed by atoms with Crippen LogP contribution in [-0.2, 0) is 0 Å². The summed E-state index contributed by atoms with van der Waals surface area (Å²) in [5, 5.41) is 10.8. The first-order valence-corrected chi connectivity index (χ1v) is 4.86. The molecule has 12 heavy (non-hydrogen) atoms. The quantitative estimate of drug-likeness (QED) is 0.776. The molecule has 2 nitrogen and oxygen atoms in total. The summed E-state index contributed by atoms with van der Waals surface area (Å²) < 4.78 is 0. The maximum absolute atomic E-state index is 8.77. The van der Waals surface area contributed by atoms with E-state index in [9.17, 15) is 0 Å². The average Bonchev–Trinajstić information content (AvgIpc) is 2.58. The molecule has 2 unspecified atom stereocenters. The molecule has 1 heterocycles. The van der Waals surface area contributed by atoms with Crippen molar-refractivity contribution in [1.82, 2.24) is 0 Å². The molecule has 0 aliphatic rings. The maximum atomic E-state index is 8.77. The Morgan fingerprint density at radius 1 is 1.75 bits per heavy atom. The molecule has 64 valence electrons. The highest BCUT2D eigenvalue weighted by molar-refractivity contribution is 7.10. The highest BCUT2D eigenvalue weighted by Crippen LogP contribution is 2.25. The van der Waals surface area contributed by atoms with Crippen molar-refractivity contribution in [3.63, 3.8) is 0 Å². The van der Waals surface area contributed by atoms with Crippen LogP contribution < -0.4 is 5.73 Å². The molecule has 0 aliphatic heterocycles. The Balaban J connectivity index is 2.71. The fourth-order valence-electron chi connectivity index (χ4n) is 1.10. The summed E-state index contributed by atoms with van der Waals surface area (Å²) in [5.74, 6) is -0.0522. The Hall–Kier alpha value is -0.850. The minimum Gasteiger partial charge on any atom is -0.322 e. The van der Waals surface area contributed by atoms with E-state index < -0.39 is 0 Å². The lowest BCUT2D eigenvalue weighted by molar-refractivity contribution is 0.524. The second-order valence-electron chi connectivity index (χ2n) is 2.69. The Kier molecular flexibility index (Phi) is 3.27. The number of hydrogen-bond donors (Lipinski definition) is 1. The van der Waals surface area contributed by atoms with Crippen LogP contribution in [-0.4, -0.2) is 0 Å². The van der Waals surface area contributed by atoms with Gasteiger partial charge in [-0.1, -0.05) is 13.0 Å². The summed E-state index contributed by atoms with van der Waals surface area (Å²) in [6.45, 7) is 1.99. The molecule has 0 fully saturated rings. The van der Waals surface area contributed by atoms with Crippen molar-refractivity contribution in [3.8, 4) is 6.07 Å². The van der Waals surface area contributed by atoms with Crippen molar-refractivity contribution in [3.05, 3.63) is 22.4 Å². The summed E-state index contributed by atoms with van der Waals surface area (Å²) in [7, 11) is 0. The zero-order valence-electron chi connectivity index (χ0n) is 7.03. The number of rotatable bonds is 3. The van der Waals surface area contributed by atoms with Gasteiger partial charge < -0.3 is 5.73 Å². The molecule has 3 heteroatoms. The number of nitriles is 1. The van der Waals surface area contributed by atoms with Gasteiger partial charge in [-0.25, -0.2) is 0 Å². The van der Waals surface area contributed by atoms with Gasteiger partial charge >= 0.3 is 0 Å². The van der Waals surface area contributed by atoms with Gasteiger partial charge in [0.1, 0.15) is 0 Å². The molecule has 0 bridgehead atoms. The fraction of sp³-hybridized carbons (Fsp3) is 0.444. The van der Waals surface area contributed by atoms with Gasteiger partial charge in [0.2, 0.25) is 0 Å². The predicted molar refractivity (Wildman–Crippen MR) is 50.6 cm³/mol. The first-order valence-electron chi connectivity index (χ1n) is 3.98. The number of nitrogens with zero attached hydrogens (tertiary/aromatic N) is 1. The van der Waals surface area contributed by atoms with Crippen molar-refractivity contribution in [2.24, 2.45) is 11.7 Å². The average molecular weight is 180 g/mol. The molecular weight excluding hydrogens is 168 g/mol. The highest BCUT2D eigenvalue weighted by atomic mass is 32.1. The van der Waals surface area contributed by atoms with Crippen molar-refractivity contribution in [1.29, 1.82) is 5.26 Å². The van der Waals surface area contributed by atoms with Crippen LogP contribution in [0.15, 0.2) is 17.5 Å². The van der Waals surface area contributed by atoms with Crippen LogP contribution in [0, 0.1) is 17.2 Å². The lowest BCUT2D eigenvalue weighted by Crippen LogP contribution is -2.18. The van der Waals surface area contributed by atoms with Crippen LogP contribution in [0.3, 0.4) is 0 Å². The van der Waals surface area contributed by atoms with E-state index in [2.05, 4.69) is 6.07 Å². The first-order chi connectivity index (χ1) is 5.79. The normalized spacial score (nSPS) is 15.1. The van der Waals surface area contributed by atoms with Crippen molar-refractivity contribution in [2.45, 2.75) is 19.4 Å². The van der Waals surface area contributed by atoms with Crippen molar-refractivity contribution >= 4 is 11.3 Å². The molecule has 0 aromatic carbocycles. The van der Waals surface area contributed by atoms with Crippen LogP contribution in [0.4, 0.5) is 0 Å². The van der Waals surface area contributed by atoms with E-state index in [1.54, 1.807) is 11.3 Å². The Bertz CT molecular complexity index is 261. The molecule has 1 rings (SSSR count). The number of thiophene rings is 1. The Morgan fingerprint density at radius 2 is 2.50 bits per heavy atom. The molecule has 1 aromatic heterocycles. The van der Waals surface area contributed by atoms with E-state index in [1.165, 1.54) is 0 Å². The molecule has 0 radical (unpaired) electrons. The largest absolute Gasteiger partial charge is 0.322 e. The summed E-state index contributed by atoms with van der Waals surface area (Å²) in [6, 6.07) is 6.05. The van der Waals surface area contributed by atoms with Crippen LogP contribution in [0.25, 0.3) is 0 Å². The number of hydrogen-bond acceptors (Lipinski definition) is 3. The van der Waals surface area contributed by atoms with E-state index in [0.29, 0.717) is 0 Å². The van der Waals surface area contributed by atoms with E-state index >= 15 is 0 Å². The third-order valence-electron chi connectivity index (χ3n) is 1.91. The van der Waals surface area contributed by atoms with Crippen molar-refractivity contribution in [2.75, 3.05) is 0 Å². The third kappa shape index (κ3) is 1.84. The second kappa shape index (κ2) is 4.24. The molecule has 2 atom stereocenters. The number of nitrogens with two attached hydrogens (primary N) is 1. The van der Waals surface area contributed by atoms with E-state index in [1.807, 2.05) is 24.4 Å². The van der Waals surface area contributed by atoms with Gasteiger partial charge in [0.25, 0.3) is 0 Å². The first kappa shape index (κ1) is 9.24. The van der Waals surface area contributed by atoms with Crippen LogP contribution in [0.2, 0.25) is 0 Å². The monoisotopic (exact) mass is 180 g/mol. The molecule has 2 N–H and O–H groups in total. The lowest BCUT2D eigenvalue weighted by atomic mass is 9.98. The van der Waals surface area contributed by atoms with Gasteiger partial charge in [-0.05, 0) is 17.9 Å². The fourth-order valence-corrected chi connectivity index (χ4v) is 1.90. The lowest BCUT2D eigenvalue weighted by Gasteiger charge is -2.13. The summed E-state index contributed by atoms with van der Waals surface area (Å²) in [4.78, 5) is 1.10. The van der Waals surface area contributed by atoms with Gasteiger partial charge in [-0.15, -0.1) is 11.3 Å². The molecule has 0 amide bonds. The van der Waals surface area contributed by atoms with Gasteiger partial charge in [0, 0.05) is 4.88 Å². The predicted octanol–water partition coefficient (Wildman–Crippen LogP) is 2.30. The van der Waals surface area contributed by atoms with Crippen LogP contribution in [0.5, 0.6) is 0 Å². The SMILES string of the molecule is CCC(C#N)C(N)c1cccs1. The third-order valence-corrected chi connectivity index (χ3v) is 2.88. The molecular formula is C9H12N2S. The van der Waals surface area contributed by atoms with Crippen LogP contribution in [0.1, 0.15) is 24.3 Å². The van der Waals surface area contributed by atoms with Crippen LogP contribution >= 0.6 is 11.3 Å². The minimum atomic E-state index is -0.111. The van der Waals surface area contributed by atoms with E-state index in [-0.39, 0.29) is 12.0 Å². The van der Waals surface area contributed by atoms with E-state index in [0.717, 1.165) is 11.3 Å². The molecule has 0 saturated carbocycles. The summed E-state index contributed by atoms with van der Waals surface area (Å²) in [6.07, 6.45) is 0.815. The van der Waals surface area contributed by atoms with Crippen molar-refractivity contribution < 1.29 is 0 Å². The summed E-state index contributed by atoms with van der Waals surface area (Å²) in [5.41, 5.74) is 5.89. The molecule has 0 aliphatic carbocycles. The van der Waals surface area contributed by atoms with Gasteiger partial charge in [0.15, 0.2) is 0 Å². The second-order valence-corrected chi connectivity index (χ2v) is 3.66. The topological polar surface area (TPSA) is 49.8 Å². The molecule has 0 saturated heterocycles. The van der Waals surface area contributed by atoms with Gasteiger partial charge in [0.05, 0.1) is 18.0 Å². The maximum Gasteiger partial charge on any atom is 0.0675 e. The smallest absolute Gasteiger partial charge is 0.0675 e. The molecule has 1 aromatic rings. The Labute approximate surface area is 76.6 Å². The van der Waals surface area contributed by atoms with E-state index in [4.69, 9.17) is 11.0 Å². The zero-order valence-corrected chi connectivity index (χ0v) is 7.84. The van der Waals surface area contributed by atoms with Gasteiger partial charge in [-0.2, -0.15) is 5.26 Å². The minimum absolute atomic E-state index is 0.0522. The summed E-state index contributed by atoms with van der Waals surface area (Å²) >= 11 is 1.61. The molecule has 0 spiro atoms. The van der Waals surface area contributed by atoms with Gasteiger partial charge in [-0.3, -0.25) is 0 Å². The Morgan fingerprint density at radius 3 is 2.92 bits per heavy atom.